The molecule has 2 heterocycles. The maximum Gasteiger partial charge on any atom is 0.191 e. The molecule has 0 fully saturated rings. The van der Waals surface area contributed by atoms with Gasteiger partial charge < -0.3 is 15.2 Å². The van der Waals surface area contributed by atoms with Crippen LogP contribution < -0.4 is 10.6 Å². The molecule has 2 aromatic heterocycles. The lowest BCUT2D eigenvalue weighted by molar-refractivity contribution is 0.380. The molecule has 0 aliphatic heterocycles. The Morgan fingerprint density at radius 3 is 2.64 bits per heavy atom. The number of thiazole rings is 1. The van der Waals surface area contributed by atoms with Crippen LogP contribution in [0.1, 0.15) is 41.4 Å². The highest BCUT2D eigenvalue weighted by Crippen LogP contribution is 2.15. The van der Waals surface area contributed by atoms with E-state index in [-0.39, 0.29) is 0 Å². The predicted molar refractivity (Wildman–Crippen MR) is 89.1 cm³/mol. The van der Waals surface area contributed by atoms with Crippen LogP contribution in [0.25, 0.3) is 0 Å². The Morgan fingerprint density at radius 1 is 1.27 bits per heavy atom. The van der Waals surface area contributed by atoms with Crippen LogP contribution in [-0.4, -0.2) is 23.1 Å². The largest absolute Gasteiger partial charge is 0.361 e. The van der Waals surface area contributed by atoms with Crippen LogP contribution >= 0.6 is 11.3 Å². The Labute approximate surface area is 135 Å². The van der Waals surface area contributed by atoms with Crippen LogP contribution in [0.2, 0.25) is 0 Å². The zero-order valence-electron chi connectivity index (χ0n) is 13.6. The quantitative estimate of drug-likeness (QED) is 0.631. The number of guanidine groups is 1. The van der Waals surface area contributed by atoms with Crippen molar-refractivity contribution in [3.63, 3.8) is 0 Å². The molecule has 2 rings (SSSR count). The minimum absolute atomic E-state index is 0.664. The topological polar surface area (TPSA) is 75.3 Å². The number of hydrogen-bond acceptors (Lipinski definition) is 5. The van der Waals surface area contributed by atoms with Crippen molar-refractivity contribution in [1.82, 2.24) is 20.8 Å². The summed E-state index contributed by atoms with van der Waals surface area (Å²) < 4.78 is 5.38. The molecule has 0 aliphatic rings. The smallest absolute Gasteiger partial charge is 0.191 e. The molecule has 0 unspecified atom stereocenters. The van der Waals surface area contributed by atoms with Crippen molar-refractivity contribution in [2.24, 2.45) is 4.99 Å². The van der Waals surface area contributed by atoms with Gasteiger partial charge in [0.2, 0.25) is 0 Å². The number of nitrogens with zero attached hydrogens (tertiary/aromatic N) is 3. The van der Waals surface area contributed by atoms with Gasteiger partial charge in [0.15, 0.2) is 5.96 Å². The minimum Gasteiger partial charge on any atom is -0.361 e. The first-order valence-electron chi connectivity index (χ1n) is 7.49. The lowest BCUT2D eigenvalue weighted by Crippen LogP contribution is -2.36. The fraction of sp³-hybridized carbons (Fsp3) is 0.533. The maximum atomic E-state index is 5.38. The number of aliphatic imine (C=N–C) groups is 1. The van der Waals surface area contributed by atoms with E-state index < -0.39 is 0 Å². The maximum absolute atomic E-state index is 5.38. The van der Waals surface area contributed by atoms with Crippen molar-refractivity contribution in [2.45, 2.75) is 46.7 Å². The van der Waals surface area contributed by atoms with Crippen molar-refractivity contribution in [3.8, 4) is 0 Å². The van der Waals surface area contributed by atoms with E-state index in [4.69, 9.17) is 4.52 Å². The standard InChI is InChI=1S/C15H23N5OS/c1-5-12-11(13(6-2)21-20-12)7-17-15(16-4)18-8-14-10(3)19-9-22-14/h9H,5-8H2,1-4H3,(H2,16,17,18). The number of hydrogen-bond donors (Lipinski definition) is 2. The molecule has 2 N–H and O–H groups in total. The summed E-state index contributed by atoms with van der Waals surface area (Å²) in [7, 11) is 1.77. The van der Waals surface area contributed by atoms with E-state index in [9.17, 15) is 0 Å². The third kappa shape index (κ3) is 3.85. The van der Waals surface area contributed by atoms with E-state index >= 15 is 0 Å². The van der Waals surface area contributed by atoms with E-state index in [0.29, 0.717) is 6.54 Å². The van der Waals surface area contributed by atoms with Gasteiger partial charge in [-0.05, 0) is 13.3 Å². The molecule has 0 saturated carbocycles. The number of aromatic nitrogens is 2. The van der Waals surface area contributed by atoms with Gasteiger partial charge >= 0.3 is 0 Å². The van der Waals surface area contributed by atoms with E-state index in [0.717, 1.165) is 48.1 Å². The highest BCUT2D eigenvalue weighted by atomic mass is 32.1. The summed E-state index contributed by atoms with van der Waals surface area (Å²) in [6.07, 6.45) is 1.71. The van der Waals surface area contributed by atoms with Gasteiger partial charge in [-0.25, -0.2) is 4.98 Å². The monoisotopic (exact) mass is 321 g/mol. The Balaban J connectivity index is 1.94. The third-order valence-electron chi connectivity index (χ3n) is 3.52. The average Bonchev–Trinajstić information content (AvgIpc) is 3.13. The zero-order chi connectivity index (χ0) is 15.9. The van der Waals surface area contributed by atoms with Gasteiger partial charge in [0.1, 0.15) is 5.76 Å². The molecule has 0 saturated heterocycles. The number of nitrogens with one attached hydrogen (secondary N) is 2. The molecule has 6 nitrogen and oxygen atoms in total. The first kappa shape index (κ1) is 16.5. The normalized spacial score (nSPS) is 11.7. The van der Waals surface area contributed by atoms with Crippen molar-refractivity contribution < 1.29 is 4.52 Å². The Bertz CT molecular complexity index is 610. The van der Waals surface area contributed by atoms with Crippen molar-refractivity contribution in [1.29, 1.82) is 0 Å². The molecular formula is C15H23N5OS. The second-order valence-corrected chi connectivity index (χ2v) is 5.82. The zero-order valence-corrected chi connectivity index (χ0v) is 14.4. The minimum atomic E-state index is 0.664. The first-order chi connectivity index (χ1) is 10.7. The summed E-state index contributed by atoms with van der Waals surface area (Å²) in [6.45, 7) is 7.56. The van der Waals surface area contributed by atoms with Gasteiger partial charge in [-0.3, -0.25) is 4.99 Å². The lowest BCUT2D eigenvalue weighted by Gasteiger charge is -2.11. The Kier molecular flexibility index (Phi) is 5.94. The molecule has 0 aliphatic carbocycles. The van der Waals surface area contributed by atoms with Crippen LogP contribution in [-0.2, 0) is 25.9 Å². The summed E-state index contributed by atoms with van der Waals surface area (Å²) in [6, 6.07) is 0. The number of rotatable bonds is 6. The van der Waals surface area contributed by atoms with Crippen molar-refractivity contribution >= 4 is 17.3 Å². The van der Waals surface area contributed by atoms with Crippen molar-refractivity contribution in [3.05, 3.63) is 33.1 Å². The van der Waals surface area contributed by atoms with Gasteiger partial charge in [-0.1, -0.05) is 19.0 Å². The SMILES string of the molecule is CCc1noc(CC)c1CNC(=NC)NCc1scnc1C. The van der Waals surface area contributed by atoms with Gasteiger partial charge in [0, 0.05) is 30.5 Å². The summed E-state index contributed by atoms with van der Waals surface area (Å²) in [5.41, 5.74) is 5.08. The lowest BCUT2D eigenvalue weighted by atomic mass is 10.1. The van der Waals surface area contributed by atoms with E-state index in [1.807, 2.05) is 12.4 Å². The molecular weight excluding hydrogens is 298 g/mol. The van der Waals surface area contributed by atoms with Crippen LogP contribution in [0.5, 0.6) is 0 Å². The molecule has 7 heteroatoms. The van der Waals surface area contributed by atoms with Crippen LogP contribution in [0, 0.1) is 6.92 Å². The Hall–Kier alpha value is -1.89. The van der Waals surface area contributed by atoms with Crippen LogP contribution in [0.15, 0.2) is 15.0 Å². The fourth-order valence-corrected chi connectivity index (χ4v) is 2.91. The molecule has 120 valence electrons. The second-order valence-electron chi connectivity index (χ2n) is 4.88. The summed E-state index contributed by atoms with van der Waals surface area (Å²) >= 11 is 1.65. The van der Waals surface area contributed by atoms with Gasteiger partial charge in [-0.15, -0.1) is 11.3 Å². The molecule has 22 heavy (non-hydrogen) atoms. The van der Waals surface area contributed by atoms with E-state index in [1.165, 1.54) is 4.88 Å². The van der Waals surface area contributed by atoms with Gasteiger partial charge in [-0.2, -0.15) is 0 Å². The summed E-state index contributed by atoms with van der Waals surface area (Å²) in [5, 5.41) is 10.8. The van der Waals surface area contributed by atoms with E-state index in [2.05, 4.69) is 39.6 Å². The summed E-state index contributed by atoms with van der Waals surface area (Å²) in [4.78, 5) is 9.72. The Morgan fingerprint density at radius 2 is 2.05 bits per heavy atom. The molecule has 0 bridgehead atoms. The van der Waals surface area contributed by atoms with Crippen molar-refractivity contribution in [2.75, 3.05) is 7.05 Å². The van der Waals surface area contributed by atoms with Gasteiger partial charge in [0.25, 0.3) is 0 Å². The molecule has 0 atom stereocenters. The van der Waals surface area contributed by atoms with Crippen LogP contribution in [0.3, 0.4) is 0 Å². The molecule has 0 radical (unpaired) electrons. The molecule has 0 spiro atoms. The predicted octanol–water partition coefficient (Wildman–Crippen LogP) is 2.43. The fourth-order valence-electron chi connectivity index (χ4n) is 2.19. The van der Waals surface area contributed by atoms with Gasteiger partial charge in [0.05, 0.1) is 23.4 Å². The third-order valence-corrected chi connectivity index (χ3v) is 4.46. The second kappa shape index (κ2) is 7.93. The molecule has 0 amide bonds. The highest BCUT2D eigenvalue weighted by Gasteiger charge is 2.13. The van der Waals surface area contributed by atoms with E-state index in [1.54, 1.807) is 18.4 Å². The number of aryl methyl sites for hydroxylation is 3. The first-order valence-corrected chi connectivity index (χ1v) is 8.37. The highest BCUT2D eigenvalue weighted by molar-refractivity contribution is 7.09. The molecule has 0 aromatic carbocycles. The molecule has 2 aromatic rings. The summed E-state index contributed by atoms with van der Waals surface area (Å²) in [5.74, 6) is 1.70. The van der Waals surface area contributed by atoms with Crippen LogP contribution in [0.4, 0.5) is 0 Å². The average molecular weight is 321 g/mol.